The fourth-order valence-corrected chi connectivity index (χ4v) is 4.18. The van der Waals surface area contributed by atoms with Crippen molar-refractivity contribution in [3.8, 4) is 0 Å². The molecular formula is C14H21N3O4S. The van der Waals surface area contributed by atoms with Crippen LogP contribution < -0.4 is 4.72 Å². The monoisotopic (exact) mass is 327 g/mol. The zero-order valence-corrected chi connectivity index (χ0v) is 13.6. The molecule has 0 bridgehead atoms. The molecule has 1 atom stereocenters. The van der Waals surface area contributed by atoms with Crippen LogP contribution in [0.2, 0.25) is 0 Å². The number of rotatable bonds is 6. The number of hydrogen-bond acceptors (Lipinski definition) is 5. The zero-order valence-electron chi connectivity index (χ0n) is 12.8. The van der Waals surface area contributed by atoms with E-state index in [0.717, 1.165) is 5.56 Å². The molecule has 0 aliphatic carbocycles. The van der Waals surface area contributed by atoms with E-state index >= 15 is 0 Å². The van der Waals surface area contributed by atoms with Crippen LogP contribution in [-0.2, 0) is 16.6 Å². The van der Waals surface area contributed by atoms with Crippen molar-refractivity contribution in [1.29, 1.82) is 0 Å². The van der Waals surface area contributed by atoms with Gasteiger partial charge in [-0.25, -0.2) is 13.1 Å². The average molecular weight is 327 g/mol. The first-order valence-corrected chi connectivity index (χ1v) is 8.83. The van der Waals surface area contributed by atoms with E-state index in [1.165, 1.54) is 0 Å². The third-order valence-corrected chi connectivity index (χ3v) is 5.84. The zero-order chi connectivity index (χ0) is 16.3. The van der Waals surface area contributed by atoms with Gasteiger partial charge in [-0.05, 0) is 25.5 Å². The van der Waals surface area contributed by atoms with Crippen LogP contribution in [0.25, 0.3) is 0 Å². The number of aryl methyl sites for hydroxylation is 1. The summed E-state index contributed by atoms with van der Waals surface area (Å²) in [6.45, 7) is 5.52. The predicted molar refractivity (Wildman–Crippen MR) is 84.1 cm³/mol. The lowest BCUT2D eigenvalue weighted by atomic mass is 10.1. The van der Waals surface area contributed by atoms with Crippen LogP contribution in [0, 0.1) is 17.0 Å². The van der Waals surface area contributed by atoms with Crippen LogP contribution in [0.1, 0.15) is 24.5 Å². The number of nitrogens with one attached hydrogen (secondary N) is 1. The lowest BCUT2D eigenvalue weighted by Crippen LogP contribution is -2.36. The lowest BCUT2D eigenvalue weighted by Gasteiger charge is -2.16. The Morgan fingerprint density at radius 3 is 2.82 bits per heavy atom. The van der Waals surface area contributed by atoms with E-state index in [0.29, 0.717) is 38.2 Å². The maximum atomic E-state index is 12.0. The summed E-state index contributed by atoms with van der Waals surface area (Å²) in [6, 6.07) is 5.16. The van der Waals surface area contributed by atoms with Crippen molar-refractivity contribution in [2.75, 3.05) is 19.6 Å². The largest absolute Gasteiger partial charge is 0.298 e. The number of nitrogens with zero attached hydrogens (tertiary/aromatic N) is 2. The van der Waals surface area contributed by atoms with Gasteiger partial charge in [0, 0.05) is 31.3 Å². The normalized spacial score (nSPS) is 19.5. The van der Waals surface area contributed by atoms with E-state index in [-0.39, 0.29) is 10.6 Å². The number of likely N-dealkylation sites (tertiary alicyclic amines) is 1. The van der Waals surface area contributed by atoms with Crippen molar-refractivity contribution < 1.29 is 13.3 Å². The van der Waals surface area contributed by atoms with Crippen molar-refractivity contribution in [2.45, 2.75) is 32.1 Å². The minimum Gasteiger partial charge on any atom is -0.298 e. The molecular weight excluding hydrogens is 306 g/mol. The highest BCUT2D eigenvalue weighted by atomic mass is 32.2. The van der Waals surface area contributed by atoms with Gasteiger partial charge in [-0.15, -0.1) is 0 Å². The molecule has 2 rings (SSSR count). The Hall–Kier alpha value is -1.51. The molecule has 22 heavy (non-hydrogen) atoms. The maximum absolute atomic E-state index is 12.0. The lowest BCUT2D eigenvalue weighted by molar-refractivity contribution is -0.385. The molecule has 0 spiro atoms. The summed E-state index contributed by atoms with van der Waals surface area (Å²) in [5.74, 6) is 0. The van der Waals surface area contributed by atoms with E-state index in [2.05, 4.69) is 4.72 Å². The first kappa shape index (κ1) is 16.9. The first-order valence-electron chi connectivity index (χ1n) is 7.28. The van der Waals surface area contributed by atoms with Gasteiger partial charge in [-0.1, -0.05) is 19.1 Å². The maximum Gasteiger partial charge on any atom is 0.272 e. The van der Waals surface area contributed by atoms with Gasteiger partial charge in [0.1, 0.15) is 0 Å². The first-order chi connectivity index (χ1) is 10.3. The van der Waals surface area contributed by atoms with Crippen molar-refractivity contribution in [1.82, 2.24) is 9.62 Å². The fraction of sp³-hybridized carbons (Fsp3) is 0.571. The quantitative estimate of drug-likeness (QED) is 0.630. The highest BCUT2D eigenvalue weighted by Gasteiger charge is 2.32. The van der Waals surface area contributed by atoms with Gasteiger partial charge in [0.2, 0.25) is 10.0 Å². The second kappa shape index (κ2) is 6.72. The second-order valence-electron chi connectivity index (χ2n) is 5.57. The topological polar surface area (TPSA) is 92.6 Å². The summed E-state index contributed by atoms with van der Waals surface area (Å²) in [6.07, 6.45) is 0.587. The summed E-state index contributed by atoms with van der Waals surface area (Å²) in [7, 11) is -3.26. The number of nitro groups is 1. The number of benzene rings is 1. The van der Waals surface area contributed by atoms with Gasteiger partial charge < -0.3 is 0 Å². The molecule has 8 heteroatoms. The minimum absolute atomic E-state index is 0.105. The molecule has 1 aliphatic heterocycles. The number of hydrogen-bond donors (Lipinski definition) is 1. The molecule has 1 N–H and O–H groups in total. The van der Waals surface area contributed by atoms with Crippen LogP contribution in [0.4, 0.5) is 5.69 Å². The van der Waals surface area contributed by atoms with Gasteiger partial charge in [0.25, 0.3) is 5.69 Å². The molecule has 1 aromatic carbocycles. The molecule has 0 saturated carbocycles. The van der Waals surface area contributed by atoms with E-state index < -0.39 is 15.3 Å². The molecule has 122 valence electrons. The summed E-state index contributed by atoms with van der Waals surface area (Å²) in [5, 5.41) is 10.6. The van der Waals surface area contributed by atoms with Gasteiger partial charge >= 0.3 is 0 Å². The standard InChI is InChI=1S/C14H21N3O4S/c1-3-15-22(20,21)13-6-7-16(10-13)9-12-5-4-11(2)14(8-12)17(18)19/h4-5,8,13,15H,3,6-7,9-10H2,1-2H3/t13-/m1/s1. The van der Waals surface area contributed by atoms with Crippen molar-refractivity contribution in [3.05, 3.63) is 39.4 Å². The molecule has 1 heterocycles. The van der Waals surface area contributed by atoms with Gasteiger partial charge in [-0.3, -0.25) is 15.0 Å². The third kappa shape index (κ3) is 3.82. The number of nitro benzene ring substituents is 1. The van der Waals surface area contributed by atoms with Crippen LogP contribution in [0.5, 0.6) is 0 Å². The van der Waals surface area contributed by atoms with Crippen LogP contribution in [0.15, 0.2) is 18.2 Å². The Morgan fingerprint density at radius 1 is 1.45 bits per heavy atom. The Morgan fingerprint density at radius 2 is 2.18 bits per heavy atom. The Labute approximate surface area is 130 Å². The van der Waals surface area contributed by atoms with Gasteiger partial charge in [0.05, 0.1) is 10.2 Å². The van der Waals surface area contributed by atoms with E-state index in [4.69, 9.17) is 0 Å². The summed E-state index contributed by atoms with van der Waals surface area (Å²) < 4.78 is 26.5. The Balaban J connectivity index is 2.04. The molecule has 1 fully saturated rings. The molecule has 1 saturated heterocycles. The SMILES string of the molecule is CCNS(=O)(=O)[C@@H]1CCN(Cc2ccc(C)c([N+](=O)[O-])c2)C1. The van der Waals surface area contributed by atoms with E-state index in [1.54, 1.807) is 26.0 Å². The minimum atomic E-state index is -3.26. The molecule has 1 aromatic rings. The fourth-order valence-electron chi connectivity index (χ4n) is 2.72. The number of sulfonamides is 1. The second-order valence-corrected chi connectivity index (χ2v) is 7.61. The Bertz CT molecular complexity index is 660. The summed E-state index contributed by atoms with van der Waals surface area (Å²) in [4.78, 5) is 12.6. The molecule has 0 amide bonds. The highest BCUT2D eigenvalue weighted by Crippen LogP contribution is 2.23. The molecule has 1 aliphatic rings. The van der Waals surface area contributed by atoms with E-state index in [1.807, 2.05) is 11.0 Å². The van der Waals surface area contributed by atoms with Crippen molar-refractivity contribution in [3.63, 3.8) is 0 Å². The van der Waals surface area contributed by atoms with E-state index in [9.17, 15) is 18.5 Å². The average Bonchev–Trinajstić information content (AvgIpc) is 2.90. The summed E-state index contributed by atoms with van der Waals surface area (Å²) in [5.41, 5.74) is 1.56. The molecule has 0 radical (unpaired) electrons. The Kier molecular flexibility index (Phi) is 5.15. The van der Waals surface area contributed by atoms with Crippen molar-refractivity contribution >= 4 is 15.7 Å². The summed E-state index contributed by atoms with van der Waals surface area (Å²) >= 11 is 0. The van der Waals surface area contributed by atoms with Crippen molar-refractivity contribution in [2.24, 2.45) is 0 Å². The molecule has 7 nitrogen and oxygen atoms in total. The van der Waals surface area contributed by atoms with Crippen LogP contribution in [-0.4, -0.2) is 43.1 Å². The third-order valence-electron chi connectivity index (χ3n) is 3.89. The predicted octanol–water partition coefficient (Wildman–Crippen LogP) is 1.42. The van der Waals surface area contributed by atoms with Crippen LogP contribution >= 0.6 is 0 Å². The van der Waals surface area contributed by atoms with Gasteiger partial charge in [0.15, 0.2) is 0 Å². The smallest absolute Gasteiger partial charge is 0.272 e. The molecule has 0 unspecified atom stereocenters. The van der Waals surface area contributed by atoms with Gasteiger partial charge in [-0.2, -0.15) is 0 Å². The highest BCUT2D eigenvalue weighted by molar-refractivity contribution is 7.90. The molecule has 0 aromatic heterocycles. The van der Waals surface area contributed by atoms with Crippen LogP contribution in [0.3, 0.4) is 0 Å².